The van der Waals surface area contributed by atoms with Gasteiger partial charge in [-0.15, -0.1) is 0 Å². The zero-order chi connectivity index (χ0) is 11.4. The largest absolute Gasteiger partial charge is 0.481 e. The van der Waals surface area contributed by atoms with Crippen molar-refractivity contribution >= 4 is 0 Å². The number of ether oxygens (including phenoxy) is 2. The van der Waals surface area contributed by atoms with Crippen LogP contribution in [0.2, 0.25) is 0 Å². The number of hydrogen-bond acceptors (Lipinski definition) is 4. The monoisotopic (exact) mass is 222 g/mol. The smallest absolute Gasteiger partial charge is 0.213 e. The first-order valence-corrected chi connectivity index (χ1v) is 5.49. The number of hydrogen-bond donors (Lipinski definition) is 1. The van der Waals surface area contributed by atoms with Crippen molar-refractivity contribution in [2.24, 2.45) is 5.41 Å². The van der Waals surface area contributed by atoms with E-state index in [1.54, 1.807) is 13.3 Å². The molecule has 1 aromatic heterocycles. The SMILES string of the molecule is COc1cc(CNCC2(C)COC2)ccn1. The first kappa shape index (κ1) is 11.4. The van der Waals surface area contributed by atoms with Gasteiger partial charge in [-0.3, -0.25) is 0 Å². The van der Waals surface area contributed by atoms with Crippen molar-refractivity contribution in [2.45, 2.75) is 13.5 Å². The Balaban J connectivity index is 1.80. The molecule has 1 aromatic rings. The third-order valence-corrected chi connectivity index (χ3v) is 2.79. The topological polar surface area (TPSA) is 43.4 Å². The molecule has 2 rings (SSSR count). The first-order valence-electron chi connectivity index (χ1n) is 5.49. The fourth-order valence-corrected chi connectivity index (χ4v) is 1.73. The molecular formula is C12H18N2O2. The van der Waals surface area contributed by atoms with Gasteiger partial charge in [0.15, 0.2) is 0 Å². The summed E-state index contributed by atoms with van der Waals surface area (Å²) in [6.45, 7) is 5.78. The van der Waals surface area contributed by atoms with Gasteiger partial charge in [0.1, 0.15) is 0 Å². The average molecular weight is 222 g/mol. The molecule has 16 heavy (non-hydrogen) atoms. The van der Waals surface area contributed by atoms with Crippen LogP contribution in [-0.4, -0.2) is 31.9 Å². The van der Waals surface area contributed by atoms with E-state index in [1.165, 1.54) is 5.56 Å². The minimum atomic E-state index is 0.317. The maximum absolute atomic E-state index is 5.21. The molecular weight excluding hydrogens is 204 g/mol. The van der Waals surface area contributed by atoms with Crippen molar-refractivity contribution < 1.29 is 9.47 Å². The molecule has 0 unspecified atom stereocenters. The maximum Gasteiger partial charge on any atom is 0.213 e. The predicted molar refractivity (Wildman–Crippen MR) is 61.4 cm³/mol. The molecule has 88 valence electrons. The van der Waals surface area contributed by atoms with Crippen LogP contribution < -0.4 is 10.1 Å². The van der Waals surface area contributed by atoms with Crippen LogP contribution in [0.3, 0.4) is 0 Å². The molecule has 2 heterocycles. The first-order chi connectivity index (χ1) is 7.72. The highest BCUT2D eigenvalue weighted by molar-refractivity contribution is 5.20. The van der Waals surface area contributed by atoms with E-state index in [0.29, 0.717) is 11.3 Å². The van der Waals surface area contributed by atoms with Crippen LogP contribution in [0.1, 0.15) is 12.5 Å². The Hall–Kier alpha value is -1.13. The second kappa shape index (κ2) is 4.80. The minimum absolute atomic E-state index is 0.317. The van der Waals surface area contributed by atoms with E-state index in [0.717, 1.165) is 26.3 Å². The molecule has 0 bridgehead atoms. The van der Waals surface area contributed by atoms with Gasteiger partial charge in [0, 0.05) is 30.8 Å². The predicted octanol–water partition coefficient (Wildman–Crippen LogP) is 1.22. The molecule has 1 saturated heterocycles. The van der Waals surface area contributed by atoms with Crippen molar-refractivity contribution in [3.8, 4) is 5.88 Å². The lowest BCUT2D eigenvalue weighted by Gasteiger charge is -2.38. The average Bonchev–Trinajstić information content (AvgIpc) is 2.27. The third-order valence-electron chi connectivity index (χ3n) is 2.79. The molecule has 0 amide bonds. The number of rotatable bonds is 5. The van der Waals surface area contributed by atoms with E-state index in [4.69, 9.17) is 9.47 Å². The van der Waals surface area contributed by atoms with E-state index >= 15 is 0 Å². The Morgan fingerprint density at radius 2 is 2.38 bits per heavy atom. The van der Waals surface area contributed by atoms with Gasteiger partial charge >= 0.3 is 0 Å². The van der Waals surface area contributed by atoms with Crippen molar-refractivity contribution in [3.63, 3.8) is 0 Å². The van der Waals surface area contributed by atoms with Crippen molar-refractivity contribution in [3.05, 3.63) is 23.9 Å². The van der Waals surface area contributed by atoms with Crippen LogP contribution in [0.5, 0.6) is 5.88 Å². The standard InChI is InChI=1S/C12H18N2O2/c1-12(8-16-9-12)7-13-6-10-3-4-14-11(5-10)15-2/h3-5,13H,6-9H2,1-2H3. The number of methoxy groups -OCH3 is 1. The molecule has 0 radical (unpaired) electrons. The molecule has 0 spiro atoms. The molecule has 1 fully saturated rings. The van der Waals surface area contributed by atoms with E-state index < -0.39 is 0 Å². The second-order valence-electron chi connectivity index (χ2n) is 4.61. The van der Waals surface area contributed by atoms with Crippen LogP contribution in [-0.2, 0) is 11.3 Å². The van der Waals surface area contributed by atoms with E-state index in [2.05, 4.69) is 17.2 Å². The molecule has 0 saturated carbocycles. The number of aromatic nitrogens is 1. The summed E-state index contributed by atoms with van der Waals surface area (Å²) in [6, 6.07) is 3.95. The van der Waals surface area contributed by atoms with Gasteiger partial charge in [-0.25, -0.2) is 4.98 Å². The quantitative estimate of drug-likeness (QED) is 0.813. The highest BCUT2D eigenvalue weighted by Gasteiger charge is 2.32. The number of pyridine rings is 1. The molecule has 1 aliphatic rings. The molecule has 1 aliphatic heterocycles. The van der Waals surface area contributed by atoms with Crippen LogP contribution in [0.15, 0.2) is 18.3 Å². The van der Waals surface area contributed by atoms with Gasteiger partial charge in [0.25, 0.3) is 0 Å². The summed E-state index contributed by atoms with van der Waals surface area (Å²) >= 11 is 0. The second-order valence-corrected chi connectivity index (χ2v) is 4.61. The molecule has 1 N–H and O–H groups in total. The van der Waals surface area contributed by atoms with Crippen LogP contribution >= 0.6 is 0 Å². The lowest BCUT2D eigenvalue weighted by molar-refractivity contribution is -0.0991. The van der Waals surface area contributed by atoms with Gasteiger partial charge in [-0.2, -0.15) is 0 Å². The number of nitrogens with one attached hydrogen (secondary N) is 1. The van der Waals surface area contributed by atoms with Crippen LogP contribution in [0.4, 0.5) is 0 Å². The maximum atomic E-state index is 5.21. The molecule has 0 atom stereocenters. The fraction of sp³-hybridized carbons (Fsp3) is 0.583. The summed E-state index contributed by atoms with van der Waals surface area (Å²) in [7, 11) is 1.63. The van der Waals surface area contributed by atoms with Crippen molar-refractivity contribution in [1.82, 2.24) is 10.3 Å². The summed E-state index contributed by atoms with van der Waals surface area (Å²) in [6.07, 6.45) is 1.77. The van der Waals surface area contributed by atoms with Gasteiger partial charge in [0.05, 0.1) is 20.3 Å². The van der Waals surface area contributed by atoms with Crippen LogP contribution in [0.25, 0.3) is 0 Å². The van der Waals surface area contributed by atoms with E-state index in [1.807, 2.05) is 12.1 Å². The Morgan fingerprint density at radius 3 is 3.00 bits per heavy atom. The molecule has 0 aliphatic carbocycles. The van der Waals surface area contributed by atoms with Crippen molar-refractivity contribution in [2.75, 3.05) is 26.9 Å². The van der Waals surface area contributed by atoms with Gasteiger partial charge < -0.3 is 14.8 Å². The molecule has 4 nitrogen and oxygen atoms in total. The fourth-order valence-electron chi connectivity index (χ4n) is 1.73. The Bertz CT molecular complexity index is 351. The zero-order valence-corrected chi connectivity index (χ0v) is 9.82. The summed E-state index contributed by atoms with van der Waals surface area (Å²) in [4.78, 5) is 4.07. The summed E-state index contributed by atoms with van der Waals surface area (Å²) in [5.41, 5.74) is 1.51. The number of nitrogens with zero attached hydrogens (tertiary/aromatic N) is 1. The van der Waals surface area contributed by atoms with Gasteiger partial charge in [-0.1, -0.05) is 6.92 Å². The summed E-state index contributed by atoms with van der Waals surface area (Å²) in [5, 5.41) is 3.43. The van der Waals surface area contributed by atoms with E-state index in [-0.39, 0.29) is 0 Å². The lowest BCUT2D eigenvalue weighted by Crippen LogP contribution is -2.47. The minimum Gasteiger partial charge on any atom is -0.481 e. The summed E-state index contributed by atoms with van der Waals surface area (Å²) < 4.78 is 10.3. The molecule has 0 aromatic carbocycles. The Labute approximate surface area is 96.0 Å². The normalized spacial score (nSPS) is 17.9. The lowest BCUT2D eigenvalue weighted by atomic mass is 9.89. The Kier molecular flexibility index (Phi) is 3.41. The van der Waals surface area contributed by atoms with Crippen LogP contribution in [0, 0.1) is 5.41 Å². The molecule has 4 heteroatoms. The third kappa shape index (κ3) is 2.71. The highest BCUT2D eigenvalue weighted by atomic mass is 16.5. The zero-order valence-electron chi connectivity index (χ0n) is 9.82. The summed E-state index contributed by atoms with van der Waals surface area (Å²) in [5.74, 6) is 0.664. The van der Waals surface area contributed by atoms with Crippen molar-refractivity contribution in [1.29, 1.82) is 0 Å². The van der Waals surface area contributed by atoms with Gasteiger partial charge in [0.2, 0.25) is 5.88 Å². The highest BCUT2D eigenvalue weighted by Crippen LogP contribution is 2.25. The Morgan fingerprint density at radius 1 is 1.56 bits per heavy atom. The van der Waals surface area contributed by atoms with E-state index in [9.17, 15) is 0 Å². The van der Waals surface area contributed by atoms with Gasteiger partial charge in [-0.05, 0) is 11.6 Å².